The highest BCUT2D eigenvalue weighted by molar-refractivity contribution is 5.52. The van der Waals surface area contributed by atoms with E-state index in [-0.39, 0.29) is 0 Å². The van der Waals surface area contributed by atoms with Crippen LogP contribution in [0.2, 0.25) is 0 Å². The molecule has 0 aliphatic heterocycles. The van der Waals surface area contributed by atoms with Crippen molar-refractivity contribution in [2.24, 2.45) is 0 Å². The highest BCUT2D eigenvalue weighted by Crippen LogP contribution is 2.25. The van der Waals surface area contributed by atoms with Crippen molar-refractivity contribution in [2.75, 3.05) is 25.3 Å². The van der Waals surface area contributed by atoms with E-state index in [2.05, 4.69) is 5.32 Å². The Bertz CT molecular complexity index is 538. The van der Waals surface area contributed by atoms with Crippen molar-refractivity contribution < 1.29 is 9.47 Å². The lowest BCUT2D eigenvalue weighted by Gasteiger charge is -2.12. The van der Waals surface area contributed by atoms with E-state index < -0.39 is 0 Å². The van der Waals surface area contributed by atoms with Crippen LogP contribution in [0.15, 0.2) is 42.5 Å². The quantitative estimate of drug-likeness (QED) is 0.810. The fourth-order valence-corrected chi connectivity index (χ4v) is 1.80. The van der Waals surface area contributed by atoms with Crippen LogP contribution < -0.4 is 20.5 Å². The van der Waals surface area contributed by atoms with Crippen LogP contribution in [0.5, 0.6) is 11.5 Å². The molecule has 0 aliphatic rings. The second-order valence-electron chi connectivity index (χ2n) is 4.15. The largest absolute Gasteiger partial charge is 0.497 e. The zero-order chi connectivity index (χ0) is 13.7. The van der Waals surface area contributed by atoms with E-state index >= 15 is 0 Å². The molecule has 4 nitrogen and oxygen atoms in total. The molecule has 0 heterocycles. The van der Waals surface area contributed by atoms with Gasteiger partial charge in [-0.2, -0.15) is 0 Å². The summed E-state index contributed by atoms with van der Waals surface area (Å²) in [6.45, 7) is 0.678. The van der Waals surface area contributed by atoms with Gasteiger partial charge in [-0.1, -0.05) is 0 Å². The van der Waals surface area contributed by atoms with Crippen molar-refractivity contribution in [1.82, 2.24) is 0 Å². The molecule has 0 unspecified atom stereocenters. The third-order valence-electron chi connectivity index (χ3n) is 2.89. The van der Waals surface area contributed by atoms with E-state index in [1.807, 2.05) is 42.5 Å². The van der Waals surface area contributed by atoms with Crippen LogP contribution in [-0.4, -0.2) is 14.2 Å². The predicted octanol–water partition coefficient (Wildman–Crippen LogP) is 2.90. The summed E-state index contributed by atoms with van der Waals surface area (Å²) in [5.41, 5.74) is 8.50. The third-order valence-corrected chi connectivity index (χ3v) is 2.89. The highest BCUT2D eigenvalue weighted by Gasteiger charge is 2.04. The number of hydrogen-bond donors (Lipinski definition) is 2. The van der Waals surface area contributed by atoms with Gasteiger partial charge in [0.15, 0.2) is 0 Å². The van der Waals surface area contributed by atoms with Gasteiger partial charge in [-0.25, -0.2) is 0 Å². The summed E-state index contributed by atoms with van der Waals surface area (Å²) in [5, 5.41) is 3.32. The van der Waals surface area contributed by atoms with E-state index in [1.54, 1.807) is 14.2 Å². The van der Waals surface area contributed by atoms with Gasteiger partial charge in [0.2, 0.25) is 0 Å². The first-order valence-corrected chi connectivity index (χ1v) is 6.03. The molecule has 0 aromatic heterocycles. The zero-order valence-electron chi connectivity index (χ0n) is 11.1. The fraction of sp³-hybridized carbons (Fsp3) is 0.200. The van der Waals surface area contributed by atoms with Gasteiger partial charge < -0.3 is 20.5 Å². The molecular weight excluding hydrogens is 240 g/mol. The van der Waals surface area contributed by atoms with Crippen LogP contribution in [0.3, 0.4) is 0 Å². The summed E-state index contributed by atoms with van der Waals surface area (Å²) in [6.07, 6.45) is 0. The molecule has 0 amide bonds. The maximum Gasteiger partial charge on any atom is 0.127 e. The molecule has 0 atom stereocenters. The maximum atomic E-state index is 5.65. The van der Waals surface area contributed by atoms with Crippen molar-refractivity contribution in [3.63, 3.8) is 0 Å². The molecule has 3 N–H and O–H groups in total. The van der Waals surface area contributed by atoms with Gasteiger partial charge in [0.1, 0.15) is 11.5 Å². The Morgan fingerprint density at radius 2 is 1.74 bits per heavy atom. The first-order chi connectivity index (χ1) is 9.22. The number of hydrogen-bond acceptors (Lipinski definition) is 4. The van der Waals surface area contributed by atoms with Crippen molar-refractivity contribution in [3.05, 3.63) is 48.0 Å². The molecule has 19 heavy (non-hydrogen) atoms. The van der Waals surface area contributed by atoms with Crippen LogP contribution in [0.25, 0.3) is 0 Å². The zero-order valence-corrected chi connectivity index (χ0v) is 11.1. The number of benzene rings is 2. The van der Waals surface area contributed by atoms with E-state index in [0.717, 1.165) is 28.4 Å². The lowest BCUT2D eigenvalue weighted by molar-refractivity contribution is 0.391. The number of anilines is 2. The molecule has 0 bridgehead atoms. The molecular formula is C15H18N2O2. The average Bonchev–Trinajstić information content (AvgIpc) is 2.46. The summed E-state index contributed by atoms with van der Waals surface area (Å²) in [7, 11) is 3.29. The first-order valence-electron chi connectivity index (χ1n) is 6.03. The molecule has 0 aliphatic carbocycles. The lowest BCUT2D eigenvalue weighted by atomic mass is 10.2. The summed E-state index contributed by atoms with van der Waals surface area (Å²) in [6, 6.07) is 13.4. The van der Waals surface area contributed by atoms with Crippen LogP contribution in [0.1, 0.15) is 5.56 Å². The molecule has 2 aromatic rings. The van der Waals surface area contributed by atoms with Crippen molar-refractivity contribution in [2.45, 2.75) is 6.54 Å². The van der Waals surface area contributed by atoms with Gasteiger partial charge in [0.05, 0.1) is 14.2 Å². The van der Waals surface area contributed by atoms with Gasteiger partial charge in [0, 0.05) is 29.5 Å². The molecule has 100 valence electrons. The summed E-state index contributed by atoms with van der Waals surface area (Å²) in [5.74, 6) is 1.59. The van der Waals surface area contributed by atoms with E-state index in [0.29, 0.717) is 6.54 Å². The Balaban J connectivity index is 2.08. The normalized spacial score (nSPS) is 10.0. The predicted molar refractivity (Wildman–Crippen MR) is 77.7 cm³/mol. The highest BCUT2D eigenvalue weighted by atomic mass is 16.5. The standard InChI is InChI=1S/C15H18N2O2/c1-18-14-8-3-11(15(9-14)19-2)10-17-13-6-4-12(16)5-7-13/h3-9,17H,10,16H2,1-2H3. The Morgan fingerprint density at radius 3 is 2.37 bits per heavy atom. The van der Waals surface area contributed by atoms with Crippen LogP contribution >= 0.6 is 0 Å². The molecule has 0 saturated heterocycles. The second-order valence-corrected chi connectivity index (χ2v) is 4.15. The number of ether oxygens (including phenoxy) is 2. The Labute approximate surface area is 113 Å². The number of nitrogen functional groups attached to an aromatic ring is 1. The van der Waals surface area contributed by atoms with E-state index in [1.165, 1.54) is 0 Å². The van der Waals surface area contributed by atoms with Crippen molar-refractivity contribution >= 4 is 11.4 Å². The number of nitrogens with two attached hydrogens (primary N) is 1. The van der Waals surface area contributed by atoms with E-state index in [4.69, 9.17) is 15.2 Å². The molecule has 2 rings (SSSR count). The first kappa shape index (κ1) is 13.1. The molecule has 0 radical (unpaired) electrons. The average molecular weight is 258 g/mol. The van der Waals surface area contributed by atoms with E-state index in [9.17, 15) is 0 Å². The maximum absolute atomic E-state index is 5.65. The van der Waals surface area contributed by atoms with Crippen LogP contribution in [0.4, 0.5) is 11.4 Å². The fourth-order valence-electron chi connectivity index (χ4n) is 1.80. The lowest BCUT2D eigenvalue weighted by Crippen LogP contribution is -2.02. The molecule has 0 saturated carbocycles. The number of nitrogens with one attached hydrogen (secondary N) is 1. The third kappa shape index (κ3) is 3.31. The minimum atomic E-state index is 0.678. The summed E-state index contributed by atoms with van der Waals surface area (Å²) in [4.78, 5) is 0. The number of methoxy groups -OCH3 is 2. The van der Waals surface area contributed by atoms with Crippen LogP contribution in [-0.2, 0) is 6.54 Å². The minimum Gasteiger partial charge on any atom is -0.497 e. The van der Waals surface area contributed by atoms with Gasteiger partial charge in [-0.05, 0) is 36.4 Å². The van der Waals surface area contributed by atoms with Gasteiger partial charge >= 0.3 is 0 Å². The smallest absolute Gasteiger partial charge is 0.127 e. The van der Waals surface area contributed by atoms with Crippen LogP contribution in [0, 0.1) is 0 Å². The monoisotopic (exact) mass is 258 g/mol. The topological polar surface area (TPSA) is 56.5 Å². The molecule has 0 spiro atoms. The Morgan fingerprint density at radius 1 is 1.00 bits per heavy atom. The number of rotatable bonds is 5. The van der Waals surface area contributed by atoms with Crippen molar-refractivity contribution in [1.29, 1.82) is 0 Å². The summed E-state index contributed by atoms with van der Waals surface area (Å²) >= 11 is 0. The molecule has 4 heteroatoms. The van der Waals surface area contributed by atoms with Gasteiger partial charge in [0.25, 0.3) is 0 Å². The SMILES string of the molecule is COc1ccc(CNc2ccc(N)cc2)c(OC)c1. The van der Waals surface area contributed by atoms with Crippen molar-refractivity contribution in [3.8, 4) is 11.5 Å². The molecule has 0 fully saturated rings. The summed E-state index contributed by atoms with van der Waals surface area (Å²) < 4.78 is 10.5. The Kier molecular flexibility index (Phi) is 4.13. The second kappa shape index (κ2) is 6.00. The van der Waals surface area contributed by atoms with Gasteiger partial charge in [-0.3, -0.25) is 0 Å². The van der Waals surface area contributed by atoms with Gasteiger partial charge in [-0.15, -0.1) is 0 Å². The molecule has 2 aromatic carbocycles. The Hall–Kier alpha value is -2.36. The minimum absolute atomic E-state index is 0.678.